The van der Waals surface area contributed by atoms with E-state index in [4.69, 9.17) is 0 Å². The first-order valence-electron chi connectivity index (χ1n) is 6.07. The van der Waals surface area contributed by atoms with E-state index in [-0.39, 0.29) is 18.4 Å². The van der Waals surface area contributed by atoms with Crippen LogP contribution in [0.2, 0.25) is 0 Å². The molecule has 6 heteroatoms. The second-order valence-electron chi connectivity index (χ2n) is 4.23. The number of hydrogen-bond acceptors (Lipinski definition) is 4. The van der Waals surface area contributed by atoms with Crippen molar-refractivity contribution in [3.8, 4) is 0 Å². The molecule has 1 aromatic carbocycles. The minimum absolute atomic E-state index is 0.0903. The van der Waals surface area contributed by atoms with Gasteiger partial charge in [0.2, 0.25) is 0 Å². The number of carbonyl (C=O) groups is 2. The predicted octanol–water partition coefficient (Wildman–Crippen LogP) is 1.93. The number of hydrazine groups is 1. The van der Waals surface area contributed by atoms with E-state index >= 15 is 0 Å². The number of benzene rings is 1. The average Bonchev–Trinajstić information content (AvgIpc) is 2.98. The first-order chi connectivity index (χ1) is 9.65. The zero-order valence-corrected chi connectivity index (χ0v) is 11.8. The molecule has 2 amide bonds. The van der Waals surface area contributed by atoms with Crippen molar-refractivity contribution >= 4 is 28.8 Å². The van der Waals surface area contributed by atoms with Gasteiger partial charge in [0, 0.05) is 11.1 Å². The van der Waals surface area contributed by atoms with E-state index in [2.05, 4.69) is 16.2 Å². The molecule has 2 aromatic rings. The summed E-state index contributed by atoms with van der Waals surface area (Å²) in [7, 11) is 0. The number of thiophene rings is 1. The molecular weight excluding hydrogens is 274 g/mol. The maximum atomic E-state index is 11.6. The highest BCUT2D eigenvalue weighted by Crippen LogP contribution is 2.07. The van der Waals surface area contributed by atoms with E-state index in [0.717, 1.165) is 11.3 Å². The number of carbonyl (C=O) groups excluding carboxylic acids is 2. The van der Waals surface area contributed by atoms with Crippen LogP contribution in [-0.4, -0.2) is 18.4 Å². The average molecular weight is 289 g/mol. The molecule has 0 bridgehead atoms. The van der Waals surface area contributed by atoms with Crippen molar-refractivity contribution in [1.29, 1.82) is 0 Å². The molecule has 0 saturated heterocycles. The molecule has 3 N–H and O–H groups in total. The minimum atomic E-state index is -0.324. The molecule has 5 nitrogen and oxygen atoms in total. The first-order valence-corrected chi connectivity index (χ1v) is 7.01. The molecule has 2 rings (SSSR count). The fourth-order valence-corrected chi connectivity index (χ4v) is 2.13. The normalized spacial score (nSPS) is 9.85. The molecular formula is C14H15N3O2S. The highest BCUT2D eigenvalue weighted by molar-refractivity contribution is 7.08. The Kier molecular flexibility index (Phi) is 4.73. The standard InChI is InChI=1S/C14H15N3O2S/c1-10-2-4-12(5-3-10)15-8-13(18)16-17-14(19)11-6-7-20-9-11/h2-7,9,15H,8H2,1H3,(H,16,18)(H,17,19). The van der Waals surface area contributed by atoms with Crippen molar-refractivity contribution < 1.29 is 9.59 Å². The molecule has 20 heavy (non-hydrogen) atoms. The fraction of sp³-hybridized carbons (Fsp3) is 0.143. The number of rotatable bonds is 4. The Hall–Kier alpha value is -2.34. The monoisotopic (exact) mass is 289 g/mol. The van der Waals surface area contributed by atoms with Gasteiger partial charge in [0.1, 0.15) is 0 Å². The van der Waals surface area contributed by atoms with E-state index in [9.17, 15) is 9.59 Å². The lowest BCUT2D eigenvalue weighted by atomic mass is 10.2. The molecule has 0 aliphatic carbocycles. The Morgan fingerprint density at radius 3 is 2.50 bits per heavy atom. The molecule has 0 unspecified atom stereocenters. The Balaban J connectivity index is 1.73. The molecule has 0 aliphatic heterocycles. The van der Waals surface area contributed by atoms with Gasteiger partial charge >= 0.3 is 0 Å². The lowest BCUT2D eigenvalue weighted by Gasteiger charge is -2.08. The highest BCUT2D eigenvalue weighted by atomic mass is 32.1. The maximum Gasteiger partial charge on any atom is 0.270 e. The Bertz CT molecular complexity index is 579. The summed E-state index contributed by atoms with van der Waals surface area (Å²) in [5, 5.41) is 6.48. The SMILES string of the molecule is Cc1ccc(NCC(=O)NNC(=O)c2ccsc2)cc1. The maximum absolute atomic E-state index is 11.6. The zero-order valence-electron chi connectivity index (χ0n) is 11.0. The second-order valence-corrected chi connectivity index (χ2v) is 5.01. The Morgan fingerprint density at radius 2 is 1.85 bits per heavy atom. The van der Waals surface area contributed by atoms with Gasteiger partial charge < -0.3 is 5.32 Å². The quantitative estimate of drug-likeness (QED) is 0.753. The zero-order chi connectivity index (χ0) is 14.4. The van der Waals surface area contributed by atoms with Gasteiger partial charge in [-0.1, -0.05) is 17.7 Å². The van der Waals surface area contributed by atoms with Crippen molar-refractivity contribution in [2.45, 2.75) is 6.92 Å². The van der Waals surface area contributed by atoms with Crippen molar-refractivity contribution in [3.63, 3.8) is 0 Å². The molecule has 104 valence electrons. The van der Waals surface area contributed by atoms with Gasteiger partial charge in [-0.2, -0.15) is 11.3 Å². The van der Waals surface area contributed by atoms with Crippen LogP contribution in [0.5, 0.6) is 0 Å². The highest BCUT2D eigenvalue weighted by Gasteiger charge is 2.07. The van der Waals surface area contributed by atoms with Gasteiger partial charge in [-0.05, 0) is 30.5 Å². The summed E-state index contributed by atoms with van der Waals surface area (Å²) in [4.78, 5) is 23.2. The van der Waals surface area contributed by atoms with E-state index < -0.39 is 0 Å². The summed E-state index contributed by atoms with van der Waals surface area (Å²) < 4.78 is 0. The lowest BCUT2D eigenvalue weighted by Crippen LogP contribution is -2.44. The fourth-order valence-electron chi connectivity index (χ4n) is 1.49. The van der Waals surface area contributed by atoms with Crippen LogP contribution < -0.4 is 16.2 Å². The summed E-state index contributed by atoms with van der Waals surface area (Å²) in [5.74, 6) is -0.635. The summed E-state index contributed by atoms with van der Waals surface area (Å²) in [6.45, 7) is 2.09. The molecule has 0 radical (unpaired) electrons. The lowest BCUT2D eigenvalue weighted by molar-refractivity contribution is -0.120. The summed E-state index contributed by atoms with van der Waals surface area (Å²) in [6, 6.07) is 9.40. The van der Waals surface area contributed by atoms with E-state index in [1.807, 2.05) is 31.2 Å². The number of nitrogens with one attached hydrogen (secondary N) is 3. The number of anilines is 1. The largest absolute Gasteiger partial charge is 0.376 e. The van der Waals surface area contributed by atoms with Crippen molar-refractivity contribution in [2.75, 3.05) is 11.9 Å². The smallest absolute Gasteiger partial charge is 0.270 e. The Labute approximate surface area is 121 Å². The summed E-state index contributed by atoms with van der Waals surface area (Å²) in [5.41, 5.74) is 7.26. The molecule has 0 fully saturated rings. The van der Waals surface area contributed by atoms with E-state index in [1.165, 1.54) is 11.3 Å². The minimum Gasteiger partial charge on any atom is -0.376 e. The number of aryl methyl sites for hydroxylation is 1. The second kappa shape index (κ2) is 6.72. The van der Waals surface area contributed by atoms with Crippen LogP contribution >= 0.6 is 11.3 Å². The van der Waals surface area contributed by atoms with Crippen LogP contribution in [0.3, 0.4) is 0 Å². The number of hydrogen-bond donors (Lipinski definition) is 3. The molecule has 0 spiro atoms. The van der Waals surface area contributed by atoms with Crippen molar-refractivity contribution in [1.82, 2.24) is 10.9 Å². The molecule has 1 heterocycles. The van der Waals surface area contributed by atoms with Crippen molar-refractivity contribution in [3.05, 3.63) is 52.2 Å². The summed E-state index contributed by atoms with van der Waals surface area (Å²) >= 11 is 1.42. The third kappa shape index (κ3) is 4.10. The molecule has 1 aromatic heterocycles. The predicted molar refractivity (Wildman–Crippen MR) is 79.6 cm³/mol. The van der Waals surface area contributed by atoms with Crippen LogP contribution in [-0.2, 0) is 4.79 Å². The molecule has 0 aliphatic rings. The van der Waals surface area contributed by atoms with E-state index in [1.54, 1.807) is 16.8 Å². The van der Waals surface area contributed by atoms with Gasteiger partial charge in [-0.25, -0.2) is 0 Å². The molecule has 0 saturated carbocycles. The third-order valence-electron chi connectivity index (χ3n) is 2.60. The topological polar surface area (TPSA) is 70.2 Å². The van der Waals surface area contributed by atoms with Crippen LogP contribution in [0.1, 0.15) is 15.9 Å². The van der Waals surface area contributed by atoms with Gasteiger partial charge in [-0.15, -0.1) is 0 Å². The first kappa shape index (κ1) is 14.1. The van der Waals surface area contributed by atoms with E-state index in [0.29, 0.717) is 5.56 Å². The van der Waals surface area contributed by atoms with Crippen molar-refractivity contribution in [2.24, 2.45) is 0 Å². The van der Waals surface area contributed by atoms with Crippen LogP contribution in [0, 0.1) is 6.92 Å². The Morgan fingerprint density at radius 1 is 1.10 bits per heavy atom. The third-order valence-corrected chi connectivity index (χ3v) is 3.29. The van der Waals surface area contributed by atoms with Crippen LogP contribution in [0.25, 0.3) is 0 Å². The van der Waals surface area contributed by atoms with Crippen LogP contribution in [0.4, 0.5) is 5.69 Å². The summed E-state index contributed by atoms with van der Waals surface area (Å²) in [6.07, 6.45) is 0. The van der Waals surface area contributed by atoms with Gasteiger partial charge in [0.15, 0.2) is 0 Å². The molecule has 0 atom stereocenters. The van der Waals surface area contributed by atoms with Gasteiger partial charge in [0.25, 0.3) is 11.8 Å². The number of amides is 2. The van der Waals surface area contributed by atoms with Gasteiger partial charge in [0.05, 0.1) is 12.1 Å². The van der Waals surface area contributed by atoms with Gasteiger partial charge in [-0.3, -0.25) is 20.4 Å². The van der Waals surface area contributed by atoms with Crippen LogP contribution in [0.15, 0.2) is 41.1 Å².